The molecule has 0 saturated carbocycles. The number of carbonyl (C=O) groups is 2. The summed E-state index contributed by atoms with van der Waals surface area (Å²) in [6.07, 6.45) is 2.06. The van der Waals surface area contributed by atoms with Gasteiger partial charge in [-0.05, 0) is 23.4 Å². The molecule has 1 aliphatic heterocycles. The molecule has 1 N–H and O–H groups in total. The lowest BCUT2D eigenvalue weighted by Gasteiger charge is -2.25. The molecule has 1 unspecified atom stereocenters. The van der Waals surface area contributed by atoms with Gasteiger partial charge in [-0.3, -0.25) is 9.59 Å². The van der Waals surface area contributed by atoms with Crippen LogP contribution in [0.4, 0.5) is 0 Å². The normalized spacial score (nSPS) is 14.9. The van der Waals surface area contributed by atoms with Gasteiger partial charge in [0, 0.05) is 43.3 Å². The molecule has 3 aromatic rings. The van der Waals surface area contributed by atoms with Crippen LogP contribution in [-0.2, 0) is 16.0 Å². The van der Waals surface area contributed by atoms with Gasteiger partial charge in [-0.25, -0.2) is 0 Å². The van der Waals surface area contributed by atoms with E-state index in [1.54, 1.807) is 11.3 Å². The van der Waals surface area contributed by atoms with E-state index in [1.165, 1.54) is 0 Å². The Bertz CT molecular complexity index is 955. The molecule has 0 radical (unpaired) electrons. The number of aryl methyl sites for hydroxylation is 1. The number of carbonyl (C=O) groups excluding carboxylic acids is 2. The quantitative estimate of drug-likeness (QED) is 0.616. The summed E-state index contributed by atoms with van der Waals surface area (Å²) in [5.41, 5.74) is 1.90. The lowest BCUT2D eigenvalue weighted by atomic mass is 10.1. The first-order valence-corrected chi connectivity index (χ1v) is 10.6. The van der Waals surface area contributed by atoms with Crippen molar-refractivity contribution in [2.75, 3.05) is 13.1 Å². The fourth-order valence-corrected chi connectivity index (χ4v) is 4.02. The standard InChI is InChI=1S/C21H22N4O3S/c26-18(8-9-19-23-21(24-28-19)16-10-12-29-14-16)22-17(15-5-2-1-3-6-15)13-25-11-4-7-20(25)27/h1-3,5-6,10,12,14,17H,4,7-9,11,13H2,(H,22,26). The zero-order chi connectivity index (χ0) is 20.1. The van der Waals surface area contributed by atoms with E-state index in [-0.39, 0.29) is 24.3 Å². The third-order valence-corrected chi connectivity index (χ3v) is 5.61. The lowest BCUT2D eigenvalue weighted by Crippen LogP contribution is -2.38. The monoisotopic (exact) mass is 410 g/mol. The summed E-state index contributed by atoms with van der Waals surface area (Å²) >= 11 is 1.57. The molecule has 0 bridgehead atoms. The van der Waals surface area contributed by atoms with Gasteiger partial charge in [-0.1, -0.05) is 35.5 Å². The van der Waals surface area contributed by atoms with Crippen molar-refractivity contribution in [3.05, 3.63) is 58.6 Å². The number of hydrogen-bond acceptors (Lipinski definition) is 6. The molecular formula is C21H22N4O3S. The van der Waals surface area contributed by atoms with Crippen molar-refractivity contribution in [2.45, 2.75) is 31.7 Å². The van der Waals surface area contributed by atoms with Crippen LogP contribution in [-0.4, -0.2) is 39.9 Å². The van der Waals surface area contributed by atoms with E-state index in [4.69, 9.17) is 4.52 Å². The molecule has 4 rings (SSSR count). The molecular weight excluding hydrogens is 388 g/mol. The van der Waals surface area contributed by atoms with E-state index in [9.17, 15) is 9.59 Å². The Morgan fingerprint density at radius 3 is 2.86 bits per heavy atom. The van der Waals surface area contributed by atoms with Gasteiger partial charge < -0.3 is 14.7 Å². The fraction of sp³-hybridized carbons (Fsp3) is 0.333. The van der Waals surface area contributed by atoms with Crippen LogP contribution in [0, 0.1) is 0 Å². The van der Waals surface area contributed by atoms with Crippen molar-refractivity contribution in [3.8, 4) is 11.4 Å². The molecule has 1 fully saturated rings. The topological polar surface area (TPSA) is 88.3 Å². The first-order valence-electron chi connectivity index (χ1n) is 9.66. The molecule has 0 spiro atoms. The second kappa shape index (κ2) is 9.00. The zero-order valence-electron chi connectivity index (χ0n) is 15.9. The predicted octanol–water partition coefficient (Wildman–Crippen LogP) is 3.21. The summed E-state index contributed by atoms with van der Waals surface area (Å²) in [7, 11) is 0. The Balaban J connectivity index is 1.37. The minimum Gasteiger partial charge on any atom is -0.347 e. The number of nitrogens with zero attached hydrogens (tertiary/aromatic N) is 3. The minimum absolute atomic E-state index is 0.110. The van der Waals surface area contributed by atoms with E-state index in [1.807, 2.05) is 52.1 Å². The van der Waals surface area contributed by atoms with Crippen LogP contribution in [0.1, 0.15) is 36.8 Å². The van der Waals surface area contributed by atoms with Crippen molar-refractivity contribution in [1.82, 2.24) is 20.4 Å². The summed E-state index contributed by atoms with van der Waals surface area (Å²) in [6, 6.07) is 11.4. The van der Waals surface area contributed by atoms with Gasteiger partial charge in [-0.15, -0.1) is 0 Å². The van der Waals surface area contributed by atoms with Crippen LogP contribution in [0.3, 0.4) is 0 Å². The number of thiophene rings is 1. The Kier molecular flexibility index (Phi) is 6.00. The van der Waals surface area contributed by atoms with E-state index in [2.05, 4.69) is 15.5 Å². The molecule has 7 nitrogen and oxygen atoms in total. The average Bonchev–Trinajstić information content (AvgIpc) is 3.49. The van der Waals surface area contributed by atoms with Crippen LogP contribution in [0.15, 0.2) is 51.7 Å². The maximum absolute atomic E-state index is 12.6. The third kappa shape index (κ3) is 4.89. The summed E-state index contributed by atoms with van der Waals surface area (Å²) in [5.74, 6) is 1.01. The van der Waals surface area contributed by atoms with Gasteiger partial charge in [0.05, 0.1) is 6.04 Å². The number of hydrogen-bond donors (Lipinski definition) is 1. The summed E-state index contributed by atoms with van der Waals surface area (Å²) in [6.45, 7) is 1.23. The Hall–Kier alpha value is -3.00. The van der Waals surface area contributed by atoms with Crippen LogP contribution < -0.4 is 5.32 Å². The number of benzene rings is 1. The fourth-order valence-electron chi connectivity index (χ4n) is 3.39. The van der Waals surface area contributed by atoms with Crippen molar-refractivity contribution in [2.24, 2.45) is 0 Å². The number of likely N-dealkylation sites (tertiary alicyclic amines) is 1. The smallest absolute Gasteiger partial charge is 0.227 e. The largest absolute Gasteiger partial charge is 0.347 e. The first kappa shape index (κ1) is 19.3. The Morgan fingerprint density at radius 2 is 2.14 bits per heavy atom. The molecule has 29 heavy (non-hydrogen) atoms. The molecule has 1 atom stereocenters. The van der Waals surface area contributed by atoms with Gasteiger partial charge >= 0.3 is 0 Å². The van der Waals surface area contributed by atoms with Crippen LogP contribution in [0.2, 0.25) is 0 Å². The number of aromatic nitrogens is 2. The Morgan fingerprint density at radius 1 is 1.28 bits per heavy atom. The predicted molar refractivity (Wildman–Crippen MR) is 109 cm³/mol. The van der Waals surface area contributed by atoms with Crippen LogP contribution in [0.5, 0.6) is 0 Å². The molecule has 2 amide bonds. The van der Waals surface area contributed by atoms with Gasteiger partial charge in [0.1, 0.15) is 0 Å². The van der Waals surface area contributed by atoms with Crippen LogP contribution in [0.25, 0.3) is 11.4 Å². The minimum atomic E-state index is -0.241. The second-order valence-electron chi connectivity index (χ2n) is 7.00. The number of nitrogens with one attached hydrogen (secondary N) is 1. The number of rotatable bonds is 8. The van der Waals surface area contributed by atoms with Gasteiger partial charge in [0.2, 0.25) is 23.5 Å². The molecule has 1 aliphatic rings. The van der Waals surface area contributed by atoms with Gasteiger partial charge in [-0.2, -0.15) is 16.3 Å². The highest BCUT2D eigenvalue weighted by Gasteiger charge is 2.25. The highest BCUT2D eigenvalue weighted by molar-refractivity contribution is 7.08. The third-order valence-electron chi connectivity index (χ3n) is 4.92. The summed E-state index contributed by atoms with van der Waals surface area (Å²) in [4.78, 5) is 30.8. The second-order valence-corrected chi connectivity index (χ2v) is 7.78. The molecule has 3 heterocycles. The number of amides is 2. The first-order chi connectivity index (χ1) is 14.2. The Labute approximate surface area is 172 Å². The van der Waals surface area contributed by atoms with Crippen molar-refractivity contribution < 1.29 is 14.1 Å². The highest BCUT2D eigenvalue weighted by atomic mass is 32.1. The summed E-state index contributed by atoms with van der Waals surface area (Å²) < 4.78 is 5.26. The molecule has 0 aliphatic carbocycles. The molecule has 8 heteroatoms. The zero-order valence-corrected chi connectivity index (χ0v) is 16.7. The average molecular weight is 410 g/mol. The molecule has 1 aromatic carbocycles. The van der Waals surface area contributed by atoms with E-state index in [0.29, 0.717) is 31.1 Å². The molecule has 1 saturated heterocycles. The van der Waals surface area contributed by atoms with Gasteiger partial charge in [0.15, 0.2) is 0 Å². The van der Waals surface area contributed by atoms with Crippen molar-refractivity contribution in [3.63, 3.8) is 0 Å². The lowest BCUT2D eigenvalue weighted by molar-refractivity contribution is -0.129. The maximum Gasteiger partial charge on any atom is 0.227 e. The van der Waals surface area contributed by atoms with Gasteiger partial charge in [0.25, 0.3) is 0 Å². The van der Waals surface area contributed by atoms with E-state index in [0.717, 1.165) is 24.1 Å². The molecule has 2 aromatic heterocycles. The van der Waals surface area contributed by atoms with E-state index < -0.39 is 0 Å². The van der Waals surface area contributed by atoms with Crippen molar-refractivity contribution >= 4 is 23.2 Å². The summed E-state index contributed by atoms with van der Waals surface area (Å²) in [5, 5.41) is 10.9. The van der Waals surface area contributed by atoms with Crippen molar-refractivity contribution in [1.29, 1.82) is 0 Å². The molecule has 150 valence electrons. The van der Waals surface area contributed by atoms with Crippen LogP contribution >= 0.6 is 11.3 Å². The highest BCUT2D eigenvalue weighted by Crippen LogP contribution is 2.20. The SMILES string of the molecule is O=C(CCc1nc(-c2ccsc2)no1)NC(CN1CCCC1=O)c1ccccc1. The maximum atomic E-state index is 12.6. The van der Waals surface area contributed by atoms with E-state index >= 15 is 0 Å².